The van der Waals surface area contributed by atoms with E-state index in [0.717, 1.165) is 14.8 Å². The van der Waals surface area contributed by atoms with Gasteiger partial charge >= 0.3 is 6.03 Å². The van der Waals surface area contributed by atoms with Crippen molar-refractivity contribution in [2.75, 3.05) is 26.1 Å². The number of benzene rings is 1. The van der Waals surface area contributed by atoms with E-state index in [2.05, 4.69) is 5.32 Å². The SMILES string of the molecule is CCN(Cc1ccc(Cl)s1)C(=O)Nc1cc(OC)c(OC)cc1C. The number of hydrogen-bond donors (Lipinski definition) is 1. The first kappa shape index (κ1) is 18.4. The number of aryl methyl sites for hydroxylation is 1. The van der Waals surface area contributed by atoms with Crippen LogP contribution in [0.2, 0.25) is 4.34 Å². The molecule has 0 saturated carbocycles. The highest BCUT2D eigenvalue weighted by Crippen LogP contribution is 2.33. The number of thiophene rings is 1. The Kier molecular flexibility index (Phi) is 6.34. The second-order valence-electron chi connectivity index (χ2n) is 5.17. The second-order valence-corrected chi connectivity index (χ2v) is 6.97. The summed E-state index contributed by atoms with van der Waals surface area (Å²) in [5.74, 6) is 1.21. The van der Waals surface area contributed by atoms with E-state index in [-0.39, 0.29) is 6.03 Å². The van der Waals surface area contributed by atoms with Crippen LogP contribution in [-0.4, -0.2) is 31.7 Å². The molecule has 2 amide bonds. The Labute approximate surface area is 151 Å². The summed E-state index contributed by atoms with van der Waals surface area (Å²) in [6.45, 7) is 4.96. The van der Waals surface area contributed by atoms with E-state index >= 15 is 0 Å². The zero-order valence-electron chi connectivity index (χ0n) is 14.2. The van der Waals surface area contributed by atoms with Crippen LogP contribution in [0.15, 0.2) is 24.3 Å². The molecule has 130 valence electrons. The van der Waals surface area contributed by atoms with Gasteiger partial charge in [0.05, 0.1) is 25.1 Å². The molecule has 0 aliphatic heterocycles. The molecule has 0 bridgehead atoms. The first-order valence-corrected chi connectivity index (χ1v) is 8.70. The van der Waals surface area contributed by atoms with E-state index in [1.165, 1.54) is 11.3 Å². The predicted octanol–water partition coefficient (Wildman–Crippen LogP) is 4.78. The number of anilines is 1. The summed E-state index contributed by atoms with van der Waals surface area (Å²) >= 11 is 7.43. The topological polar surface area (TPSA) is 50.8 Å². The maximum atomic E-state index is 12.6. The number of amides is 2. The summed E-state index contributed by atoms with van der Waals surface area (Å²) in [5, 5.41) is 2.94. The average Bonchev–Trinajstić information content (AvgIpc) is 2.98. The predicted molar refractivity (Wildman–Crippen MR) is 98.7 cm³/mol. The van der Waals surface area contributed by atoms with Crippen molar-refractivity contribution >= 4 is 34.7 Å². The van der Waals surface area contributed by atoms with Crippen LogP contribution in [0.4, 0.5) is 10.5 Å². The number of carbonyl (C=O) groups excluding carboxylic acids is 1. The summed E-state index contributed by atoms with van der Waals surface area (Å²) in [7, 11) is 3.15. The van der Waals surface area contributed by atoms with Gasteiger partial charge in [-0.25, -0.2) is 4.79 Å². The van der Waals surface area contributed by atoms with Gasteiger partial charge in [0, 0.05) is 23.2 Å². The van der Waals surface area contributed by atoms with E-state index in [9.17, 15) is 4.79 Å². The van der Waals surface area contributed by atoms with E-state index in [4.69, 9.17) is 21.1 Å². The molecule has 1 N–H and O–H groups in total. The Morgan fingerprint density at radius 2 is 1.92 bits per heavy atom. The van der Waals surface area contributed by atoms with E-state index in [1.54, 1.807) is 25.2 Å². The molecule has 1 aromatic carbocycles. The Balaban J connectivity index is 2.15. The molecular formula is C17H21ClN2O3S. The molecular weight excluding hydrogens is 348 g/mol. The minimum Gasteiger partial charge on any atom is -0.493 e. The fourth-order valence-corrected chi connectivity index (χ4v) is 3.36. The van der Waals surface area contributed by atoms with Crippen LogP contribution in [0.5, 0.6) is 11.5 Å². The number of nitrogens with one attached hydrogen (secondary N) is 1. The van der Waals surface area contributed by atoms with Gasteiger partial charge < -0.3 is 19.7 Å². The number of halogens is 1. The lowest BCUT2D eigenvalue weighted by Gasteiger charge is -2.22. The third kappa shape index (κ3) is 4.33. The number of urea groups is 1. The third-order valence-electron chi connectivity index (χ3n) is 3.62. The van der Waals surface area contributed by atoms with Gasteiger partial charge in [-0.05, 0) is 37.6 Å². The van der Waals surface area contributed by atoms with Crippen LogP contribution < -0.4 is 14.8 Å². The van der Waals surface area contributed by atoms with E-state index in [0.29, 0.717) is 30.3 Å². The largest absolute Gasteiger partial charge is 0.493 e. The first-order valence-electron chi connectivity index (χ1n) is 7.51. The van der Waals surface area contributed by atoms with Crippen molar-refractivity contribution in [3.05, 3.63) is 39.0 Å². The Morgan fingerprint density at radius 1 is 1.25 bits per heavy atom. The minimum absolute atomic E-state index is 0.169. The molecule has 0 saturated heterocycles. The summed E-state index contributed by atoms with van der Waals surface area (Å²) in [6, 6.07) is 7.21. The fraction of sp³-hybridized carbons (Fsp3) is 0.353. The summed E-state index contributed by atoms with van der Waals surface area (Å²) < 4.78 is 11.3. The van der Waals surface area contributed by atoms with Crippen LogP contribution in [0, 0.1) is 6.92 Å². The minimum atomic E-state index is -0.169. The molecule has 0 fully saturated rings. The normalized spacial score (nSPS) is 10.4. The number of carbonyl (C=O) groups is 1. The lowest BCUT2D eigenvalue weighted by Crippen LogP contribution is -2.34. The molecule has 0 unspecified atom stereocenters. The molecule has 0 spiro atoms. The monoisotopic (exact) mass is 368 g/mol. The maximum Gasteiger partial charge on any atom is 0.322 e. The highest BCUT2D eigenvalue weighted by molar-refractivity contribution is 7.16. The Hall–Kier alpha value is -1.92. The number of methoxy groups -OCH3 is 2. The lowest BCUT2D eigenvalue weighted by molar-refractivity contribution is 0.212. The van der Waals surface area contributed by atoms with Crippen LogP contribution in [-0.2, 0) is 6.54 Å². The summed E-state index contributed by atoms with van der Waals surface area (Å²) in [5.41, 5.74) is 1.59. The molecule has 0 aliphatic rings. The van der Waals surface area contributed by atoms with Gasteiger partial charge in [-0.1, -0.05) is 11.6 Å². The molecule has 5 nitrogen and oxygen atoms in total. The molecule has 7 heteroatoms. The Bertz CT molecular complexity index is 718. The van der Waals surface area contributed by atoms with Crippen LogP contribution in [0.25, 0.3) is 0 Å². The van der Waals surface area contributed by atoms with Crippen molar-refractivity contribution in [3.8, 4) is 11.5 Å². The molecule has 1 heterocycles. The summed E-state index contributed by atoms with van der Waals surface area (Å²) in [4.78, 5) is 15.3. The molecule has 24 heavy (non-hydrogen) atoms. The zero-order valence-corrected chi connectivity index (χ0v) is 15.8. The molecule has 0 radical (unpaired) electrons. The van der Waals surface area contributed by atoms with Crippen molar-refractivity contribution in [1.29, 1.82) is 0 Å². The standard InChI is InChI=1S/C17H21ClN2O3S/c1-5-20(10-12-6-7-16(18)24-12)17(21)19-13-9-15(23-4)14(22-3)8-11(13)2/h6-9H,5,10H2,1-4H3,(H,19,21). The maximum absolute atomic E-state index is 12.6. The lowest BCUT2D eigenvalue weighted by atomic mass is 10.1. The second kappa shape index (κ2) is 8.26. The van der Waals surface area contributed by atoms with Crippen LogP contribution in [0.3, 0.4) is 0 Å². The Morgan fingerprint density at radius 3 is 2.46 bits per heavy atom. The van der Waals surface area contributed by atoms with Crippen LogP contribution >= 0.6 is 22.9 Å². The smallest absolute Gasteiger partial charge is 0.322 e. The molecule has 0 atom stereocenters. The van der Waals surface area contributed by atoms with Crippen molar-refractivity contribution in [3.63, 3.8) is 0 Å². The van der Waals surface area contributed by atoms with Gasteiger partial charge in [0.2, 0.25) is 0 Å². The molecule has 2 rings (SSSR count). The highest BCUT2D eigenvalue weighted by Gasteiger charge is 2.16. The number of hydrogen-bond acceptors (Lipinski definition) is 4. The van der Waals surface area contributed by atoms with Crippen molar-refractivity contribution in [2.24, 2.45) is 0 Å². The van der Waals surface area contributed by atoms with Gasteiger partial charge in [0.25, 0.3) is 0 Å². The van der Waals surface area contributed by atoms with E-state index in [1.807, 2.05) is 32.0 Å². The molecule has 1 aromatic heterocycles. The molecule has 0 aliphatic carbocycles. The number of rotatable bonds is 6. The number of nitrogens with zero attached hydrogens (tertiary/aromatic N) is 1. The van der Waals surface area contributed by atoms with Crippen molar-refractivity contribution < 1.29 is 14.3 Å². The van der Waals surface area contributed by atoms with E-state index < -0.39 is 0 Å². The van der Waals surface area contributed by atoms with Gasteiger partial charge in [0.1, 0.15) is 0 Å². The number of ether oxygens (including phenoxy) is 2. The van der Waals surface area contributed by atoms with Crippen molar-refractivity contribution in [1.82, 2.24) is 4.90 Å². The van der Waals surface area contributed by atoms with Crippen LogP contribution in [0.1, 0.15) is 17.4 Å². The van der Waals surface area contributed by atoms with Gasteiger partial charge in [-0.2, -0.15) is 0 Å². The quantitative estimate of drug-likeness (QED) is 0.798. The van der Waals surface area contributed by atoms with Gasteiger partial charge in [-0.3, -0.25) is 0 Å². The highest BCUT2D eigenvalue weighted by atomic mass is 35.5. The fourth-order valence-electron chi connectivity index (χ4n) is 2.26. The average molecular weight is 369 g/mol. The van der Waals surface area contributed by atoms with Crippen molar-refractivity contribution in [2.45, 2.75) is 20.4 Å². The first-order chi connectivity index (χ1) is 11.5. The molecule has 2 aromatic rings. The zero-order chi connectivity index (χ0) is 17.7. The summed E-state index contributed by atoms with van der Waals surface area (Å²) in [6.07, 6.45) is 0. The van der Waals surface area contributed by atoms with Gasteiger partial charge in [-0.15, -0.1) is 11.3 Å². The van der Waals surface area contributed by atoms with Gasteiger partial charge in [0.15, 0.2) is 11.5 Å². The third-order valence-corrected chi connectivity index (χ3v) is 4.83.